The molecule has 4 rings (SSSR count). The molecule has 0 spiro atoms. The Kier molecular flexibility index (Phi) is 6.06. The number of halogens is 2. The number of alkyl halides is 2. The molecule has 1 aromatic heterocycles. The van der Waals surface area contributed by atoms with Crippen LogP contribution >= 0.6 is 0 Å². The molecule has 6 nitrogen and oxygen atoms in total. The number of amides is 1. The third kappa shape index (κ3) is 4.34. The van der Waals surface area contributed by atoms with Gasteiger partial charge in [-0.2, -0.15) is 5.10 Å². The normalized spacial score (nSPS) is 26.5. The molecule has 2 N–H and O–H groups in total. The molecular weight excluding hydrogens is 388 g/mol. The fourth-order valence-electron chi connectivity index (χ4n) is 5.10. The molecule has 1 aromatic rings. The molecule has 0 bridgehead atoms. The third-order valence-corrected chi connectivity index (χ3v) is 7.05. The Bertz CT molecular complexity index is 745. The van der Waals surface area contributed by atoms with Crippen molar-refractivity contribution in [1.82, 2.24) is 20.0 Å². The van der Waals surface area contributed by atoms with Gasteiger partial charge in [-0.15, -0.1) is 0 Å². The molecule has 1 amide bonds. The standard InChI is InChI=1S/C22H35F2N5O/c1-22(2,3)18-13-19-26-16(12-17(20(23)24)29(19)27-18)14-6-10-28(11-7-14)21(30)15-4-8-25-9-5-15/h13-17,20,25-26H,4-12H2,1-3H3/t16-,17+/m0/s1. The molecule has 168 valence electrons. The Morgan fingerprint density at radius 3 is 2.43 bits per heavy atom. The molecular formula is C22H35F2N5O. The van der Waals surface area contributed by atoms with E-state index in [9.17, 15) is 13.6 Å². The number of hydrogen-bond acceptors (Lipinski definition) is 4. The van der Waals surface area contributed by atoms with Crippen LogP contribution in [-0.2, 0) is 10.2 Å². The predicted octanol–water partition coefficient (Wildman–Crippen LogP) is 3.41. The van der Waals surface area contributed by atoms with Crippen molar-refractivity contribution in [3.63, 3.8) is 0 Å². The summed E-state index contributed by atoms with van der Waals surface area (Å²) >= 11 is 0. The van der Waals surface area contributed by atoms with Crippen LogP contribution in [0.3, 0.4) is 0 Å². The maximum atomic E-state index is 13.9. The van der Waals surface area contributed by atoms with Crippen molar-refractivity contribution in [1.29, 1.82) is 0 Å². The lowest BCUT2D eigenvalue weighted by Crippen LogP contribution is -2.48. The molecule has 0 radical (unpaired) electrons. The first-order valence-corrected chi connectivity index (χ1v) is 11.4. The van der Waals surface area contributed by atoms with Crippen molar-refractivity contribution < 1.29 is 13.6 Å². The molecule has 0 unspecified atom stereocenters. The first kappa shape index (κ1) is 21.5. The van der Waals surface area contributed by atoms with Crippen LogP contribution in [0, 0.1) is 11.8 Å². The number of hydrogen-bond donors (Lipinski definition) is 2. The number of anilines is 1. The number of carbonyl (C=O) groups excluding carboxylic acids is 1. The van der Waals surface area contributed by atoms with Crippen LogP contribution in [0.15, 0.2) is 6.07 Å². The number of likely N-dealkylation sites (tertiary alicyclic amines) is 1. The molecule has 30 heavy (non-hydrogen) atoms. The Morgan fingerprint density at radius 1 is 1.17 bits per heavy atom. The van der Waals surface area contributed by atoms with Gasteiger partial charge in [0.2, 0.25) is 5.91 Å². The van der Waals surface area contributed by atoms with Crippen LogP contribution in [0.25, 0.3) is 0 Å². The van der Waals surface area contributed by atoms with Crippen molar-refractivity contribution in [2.75, 3.05) is 31.5 Å². The van der Waals surface area contributed by atoms with Gasteiger partial charge in [0.05, 0.1) is 5.69 Å². The van der Waals surface area contributed by atoms with E-state index in [4.69, 9.17) is 0 Å². The Balaban J connectivity index is 1.41. The van der Waals surface area contributed by atoms with Crippen LogP contribution < -0.4 is 10.6 Å². The Hall–Kier alpha value is -1.70. The average molecular weight is 424 g/mol. The van der Waals surface area contributed by atoms with E-state index < -0.39 is 12.5 Å². The molecule has 2 fully saturated rings. The van der Waals surface area contributed by atoms with Crippen LogP contribution in [0.5, 0.6) is 0 Å². The highest BCUT2D eigenvalue weighted by Crippen LogP contribution is 2.38. The summed E-state index contributed by atoms with van der Waals surface area (Å²) in [6.07, 6.45) is 1.50. The minimum absolute atomic E-state index is 0.00264. The van der Waals surface area contributed by atoms with E-state index in [1.54, 1.807) is 0 Å². The van der Waals surface area contributed by atoms with Gasteiger partial charge in [0, 0.05) is 36.5 Å². The fraction of sp³-hybridized carbons (Fsp3) is 0.818. The zero-order chi connectivity index (χ0) is 21.5. The van der Waals surface area contributed by atoms with Gasteiger partial charge in [0.1, 0.15) is 11.9 Å². The lowest BCUT2D eigenvalue weighted by Gasteiger charge is -2.41. The summed E-state index contributed by atoms with van der Waals surface area (Å²) in [5, 5.41) is 11.3. The van der Waals surface area contributed by atoms with Crippen LogP contribution in [-0.4, -0.2) is 59.2 Å². The molecule has 0 aromatic carbocycles. The molecule has 3 aliphatic rings. The summed E-state index contributed by atoms with van der Waals surface area (Å²) in [5.41, 5.74) is 0.646. The van der Waals surface area contributed by atoms with E-state index in [0.29, 0.717) is 18.2 Å². The largest absolute Gasteiger partial charge is 0.367 e. The highest BCUT2D eigenvalue weighted by molar-refractivity contribution is 5.79. The van der Waals surface area contributed by atoms with Gasteiger partial charge in [-0.1, -0.05) is 20.8 Å². The third-order valence-electron chi connectivity index (χ3n) is 7.05. The summed E-state index contributed by atoms with van der Waals surface area (Å²) < 4.78 is 29.2. The summed E-state index contributed by atoms with van der Waals surface area (Å²) in [6, 6.07) is 1.03. The number of nitrogens with one attached hydrogen (secondary N) is 2. The number of fused-ring (bicyclic) bond motifs is 1. The second-order valence-corrected chi connectivity index (χ2v) is 10.2. The maximum absolute atomic E-state index is 13.9. The molecule has 4 heterocycles. The molecule has 3 aliphatic heterocycles. The van der Waals surface area contributed by atoms with E-state index in [2.05, 4.69) is 15.7 Å². The summed E-state index contributed by atoms with van der Waals surface area (Å²) in [4.78, 5) is 14.8. The van der Waals surface area contributed by atoms with Gasteiger partial charge in [0.15, 0.2) is 0 Å². The molecule has 0 saturated carbocycles. The average Bonchev–Trinajstić information content (AvgIpc) is 3.18. The summed E-state index contributed by atoms with van der Waals surface area (Å²) in [7, 11) is 0. The molecule has 8 heteroatoms. The lowest BCUT2D eigenvalue weighted by molar-refractivity contribution is -0.137. The highest BCUT2D eigenvalue weighted by atomic mass is 19.3. The summed E-state index contributed by atoms with van der Waals surface area (Å²) in [6.45, 7) is 9.44. The smallest absolute Gasteiger partial charge is 0.260 e. The Morgan fingerprint density at radius 2 is 1.83 bits per heavy atom. The first-order valence-electron chi connectivity index (χ1n) is 11.4. The van der Waals surface area contributed by atoms with Crippen molar-refractivity contribution in [2.24, 2.45) is 11.8 Å². The van der Waals surface area contributed by atoms with Gasteiger partial charge in [0.25, 0.3) is 6.43 Å². The number of nitrogens with zero attached hydrogens (tertiary/aromatic N) is 3. The highest BCUT2D eigenvalue weighted by Gasteiger charge is 2.39. The zero-order valence-electron chi connectivity index (χ0n) is 18.3. The van der Waals surface area contributed by atoms with Crippen molar-refractivity contribution in [3.8, 4) is 0 Å². The van der Waals surface area contributed by atoms with Crippen molar-refractivity contribution in [3.05, 3.63) is 11.8 Å². The molecule has 0 aliphatic carbocycles. The summed E-state index contributed by atoms with van der Waals surface area (Å²) in [5.74, 6) is 1.42. The van der Waals surface area contributed by atoms with E-state index in [1.807, 2.05) is 31.7 Å². The fourth-order valence-corrected chi connectivity index (χ4v) is 5.10. The van der Waals surface area contributed by atoms with Crippen LogP contribution in [0.2, 0.25) is 0 Å². The van der Waals surface area contributed by atoms with E-state index in [-0.39, 0.29) is 23.3 Å². The zero-order valence-corrected chi connectivity index (χ0v) is 18.3. The van der Waals surface area contributed by atoms with E-state index in [0.717, 1.165) is 57.6 Å². The quantitative estimate of drug-likeness (QED) is 0.782. The molecule has 2 saturated heterocycles. The van der Waals surface area contributed by atoms with E-state index >= 15 is 0 Å². The maximum Gasteiger partial charge on any atom is 0.260 e. The van der Waals surface area contributed by atoms with E-state index in [1.165, 1.54) is 4.68 Å². The second-order valence-electron chi connectivity index (χ2n) is 10.2. The first-order chi connectivity index (χ1) is 14.2. The minimum Gasteiger partial charge on any atom is -0.367 e. The van der Waals surface area contributed by atoms with Crippen LogP contribution in [0.4, 0.5) is 14.6 Å². The van der Waals surface area contributed by atoms with Gasteiger partial charge >= 0.3 is 0 Å². The van der Waals surface area contributed by atoms with Gasteiger partial charge in [-0.25, -0.2) is 13.5 Å². The van der Waals surface area contributed by atoms with Gasteiger partial charge < -0.3 is 15.5 Å². The van der Waals surface area contributed by atoms with Crippen molar-refractivity contribution in [2.45, 2.75) is 76.8 Å². The topological polar surface area (TPSA) is 62.2 Å². The molecule has 2 atom stereocenters. The number of rotatable bonds is 3. The second kappa shape index (κ2) is 8.44. The van der Waals surface area contributed by atoms with Crippen LogP contribution in [0.1, 0.15) is 64.6 Å². The monoisotopic (exact) mass is 423 g/mol. The SMILES string of the molecule is CC(C)(C)c1cc2n(n1)[C@@H](C(F)F)C[C@@H](C1CCN(C(=O)C3CCNCC3)CC1)N2. The number of carbonyl (C=O) groups is 1. The predicted molar refractivity (Wildman–Crippen MR) is 113 cm³/mol. The Labute approximate surface area is 177 Å². The minimum atomic E-state index is -2.44. The van der Waals surface area contributed by atoms with Gasteiger partial charge in [-0.3, -0.25) is 4.79 Å². The number of aromatic nitrogens is 2. The number of piperidine rings is 2. The van der Waals surface area contributed by atoms with Gasteiger partial charge in [-0.05, 0) is 51.1 Å². The van der Waals surface area contributed by atoms with Crippen molar-refractivity contribution >= 4 is 11.7 Å². The lowest BCUT2D eigenvalue weighted by atomic mass is 9.84.